The summed E-state index contributed by atoms with van der Waals surface area (Å²) >= 11 is 5.47. The van der Waals surface area contributed by atoms with E-state index in [0.717, 1.165) is 12.1 Å². The first-order valence-electron chi connectivity index (χ1n) is 3.97. The Bertz CT molecular complexity index is 357. The molecule has 1 atom stereocenters. The molecule has 1 unspecified atom stereocenters. The Morgan fingerprint density at radius 3 is 2.47 bits per heavy atom. The highest BCUT2D eigenvalue weighted by molar-refractivity contribution is 6.31. The molecule has 0 saturated heterocycles. The van der Waals surface area contributed by atoms with E-state index in [1.165, 1.54) is 7.11 Å². The van der Waals surface area contributed by atoms with Crippen LogP contribution in [0.2, 0.25) is 5.02 Å². The van der Waals surface area contributed by atoms with Crippen molar-refractivity contribution in [3.63, 3.8) is 0 Å². The zero-order valence-electron chi connectivity index (χ0n) is 7.68. The average molecular weight is 241 g/mol. The van der Waals surface area contributed by atoms with Crippen molar-refractivity contribution in [2.24, 2.45) is 0 Å². The van der Waals surface area contributed by atoms with Crippen molar-refractivity contribution in [3.05, 3.63) is 28.5 Å². The van der Waals surface area contributed by atoms with Crippen molar-refractivity contribution in [2.45, 2.75) is 12.5 Å². The Morgan fingerprint density at radius 2 is 2.00 bits per heavy atom. The molecule has 0 radical (unpaired) electrons. The molecule has 84 valence electrons. The molecule has 0 heterocycles. The molecule has 0 fully saturated rings. The lowest BCUT2D eigenvalue weighted by Gasteiger charge is -2.15. The molecular weight excluding hydrogens is 233 g/mol. The van der Waals surface area contributed by atoms with E-state index < -0.39 is 28.9 Å². The van der Waals surface area contributed by atoms with E-state index in [-0.39, 0.29) is 5.75 Å². The predicted octanol–water partition coefficient (Wildman–Crippen LogP) is 2.79. The van der Waals surface area contributed by atoms with Crippen LogP contribution < -0.4 is 4.74 Å². The summed E-state index contributed by atoms with van der Waals surface area (Å²) in [6.07, 6.45) is -5.22. The first-order chi connectivity index (χ1) is 6.99. The number of hydrogen-bond acceptors (Lipinski definition) is 2. The molecule has 0 aromatic heterocycles. The van der Waals surface area contributed by atoms with Gasteiger partial charge in [0.05, 0.1) is 12.1 Å². The second-order valence-electron chi connectivity index (χ2n) is 2.76. The molecule has 0 saturated carbocycles. The van der Waals surface area contributed by atoms with Crippen molar-refractivity contribution in [1.82, 2.24) is 0 Å². The van der Waals surface area contributed by atoms with Gasteiger partial charge in [-0.2, -0.15) is 0 Å². The molecule has 1 aromatic rings. The van der Waals surface area contributed by atoms with Crippen LogP contribution in [0, 0.1) is 5.82 Å². The molecule has 0 aliphatic rings. The molecule has 0 amide bonds. The van der Waals surface area contributed by atoms with Crippen molar-refractivity contribution in [2.75, 3.05) is 7.11 Å². The minimum atomic E-state index is -3.06. The second-order valence-corrected chi connectivity index (χ2v) is 3.13. The Balaban J connectivity index is 3.29. The molecule has 15 heavy (non-hydrogen) atoms. The molecule has 0 spiro atoms. The van der Waals surface area contributed by atoms with Crippen molar-refractivity contribution in [1.29, 1.82) is 0 Å². The van der Waals surface area contributed by atoms with E-state index in [0.29, 0.717) is 0 Å². The third-order valence-electron chi connectivity index (χ3n) is 1.85. The van der Waals surface area contributed by atoms with Gasteiger partial charge in [-0.15, -0.1) is 0 Å². The highest BCUT2D eigenvalue weighted by Gasteiger charge is 2.27. The number of benzene rings is 1. The van der Waals surface area contributed by atoms with E-state index >= 15 is 0 Å². The van der Waals surface area contributed by atoms with Gasteiger partial charge < -0.3 is 9.84 Å². The van der Waals surface area contributed by atoms with Gasteiger partial charge in [0.2, 0.25) is 0 Å². The number of alkyl halides is 2. The monoisotopic (exact) mass is 240 g/mol. The van der Waals surface area contributed by atoms with Crippen LogP contribution in [0.3, 0.4) is 0 Å². The molecule has 1 rings (SSSR count). The van der Waals surface area contributed by atoms with Gasteiger partial charge in [-0.1, -0.05) is 11.6 Å². The van der Waals surface area contributed by atoms with Gasteiger partial charge in [-0.3, -0.25) is 0 Å². The summed E-state index contributed by atoms with van der Waals surface area (Å²) in [5.41, 5.74) is -0.436. The summed E-state index contributed by atoms with van der Waals surface area (Å²) in [5, 5.41) is 8.58. The van der Waals surface area contributed by atoms with Gasteiger partial charge in [0.1, 0.15) is 17.7 Å². The summed E-state index contributed by atoms with van der Waals surface area (Å²) in [7, 11) is 1.21. The SMILES string of the molecule is COc1ccc(F)c(Cl)c1C(O)C(F)F. The van der Waals surface area contributed by atoms with Gasteiger partial charge in [-0.25, -0.2) is 13.2 Å². The lowest BCUT2D eigenvalue weighted by Crippen LogP contribution is -2.11. The lowest BCUT2D eigenvalue weighted by atomic mass is 10.1. The fraction of sp³-hybridized carbons (Fsp3) is 0.333. The number of methoxy groups -OCH3 is 1. The van der Waals surface area contributed by atoms with E-state index in [1.807, 2.05) is 0 Å². The lowest BCUT2D eigenvalue weighted by molar-refractivity contribution is -0.00707. The van der Waals surface area contributed by atoms with Crippen LogP contribution in [-0.2, 0) is 0 Å². The van der Waals surface area contributed by atoms with Gasteiger partial charge in [0.25, 0.3) is 6.43 Å². The number of hydrogen-bond donors (Lipinski definition) is 1. The summed E-state index contributed by atoms with van der Waals surface area (Å²) in [5.74, 6) is -0.957. The van der Waals surface area contributed by atoms with Crippen LogP contribution >= 0.6 is 11.6 Å². The number of aliphatic hydroxyl groups is 1. The van der Waals surface area contributed by atoms with Crippen LogP contribution in [0.25, 0.3) is 0 Å². The van der Waals surface area contributed by atoms with E-state index in [4.69, 9.17) is 21.4 Å². The molecule has 0 aliphatic heterocycles. The van der Waals surface area contributed by atoms with Crippen LogP contribution in [0.5, 0.6) is 5.75 Å². The molecule has 6 heteroatoms. The highest BCUT2D eigenvalue weighted by atomic mass is 35.5. The largest absolute Gasteiger partial charge is 0.496 e. The summed E-state index contributed by atoms with van der Waals surface area (Å²) in [4.78, 5) is 0. The number of rotatable bonds is 3. The van der Waals surface area contributed by atoms with Gasteiger partial charge in [-0.05, 0) is 12.1 Å². The standard InChI is InChI=1S/C9H8ClF3O2/c1-15-5-3-2-4(11)7(10)6(5)8(14)9(12)13/h2-3,8-9,14H,1H3. The maximum absolute atomic E-state index is 13.0. The number of halogens is 4. The second kappa shape index (κ2) is 4.72. The highest BCUT2D eigenvalue weighted by Crippen LogP contribution is 2.36. The van der Waals surface area contributed by atoms with Crippen molar-refractivity contribution >= 4 is 11.6 Å². The fourth-order valence-electron chi connectivity index (χ4n) is 1.13. The van der Waals surface area contributed by atoms with E-state index in [1.54, 1.807) is 0 Å². The minimum absolute atomic E-state index is 0.0748. The quantitative estimate of drug-likeness (QED) is 0.880. The normalized spacial score (nSPS) is 13.0. The molecular formula is C9H8ClF3O2. The van der Waals surface area contributed by atoms with E-state index in [2.05, 4.69) is 0 Å². The molecule has 1 N–H and O–H groups in total. The predicted molar refractivity (Wildman–Crippen MR) is 48.9 cm³/mol. The third kappa shape index (κ3) is 2.35. The van der Waals surface area contributed by atoms with E-state index in [9.17, 15) is 13.2 Å². The van der Waals surface area contributed by atoms with Crippen molar-refractivity contribution < 1.29 is 23.0 Å². The minimum Gasteiger partial charge on any atom is -0.496 e. The first kappa shape index (κ1) is 12.1. The summed E-state index contributed by atoms with van der Waals surface area (Å²) < 4.78 is 42.2. The third-order valence-corrected chi connectivity index (χ3v) is 2.23. The first-order valence-corrected chi connectivity index (χ1v) is 4.35. The maximum Gasteiger partial charge on any atom is 0.268 e. The topological polar surface area (TPSA) is 29.5 Å². The van der Waals surface area contributed by atoms with Crippen LogP contribution in [0.15, 0.2) is 12.1 Å². The number of ether oxygens (including phenoxy) is 1. The average Bonchev–Trinajstić information content (AvgIpc) is 2.20. The maximum atomic E-state index is 13.0. The molecule has 2 nitrogen and oxygen atoms in total. The smallest absolute Gasteiger partial charge is 0.268 e. The molecule has 0 aliphatic carbocycles. The molecule has 1 aromatic carbocycles. The Kier molecular flexibility index (Phi) is 3.82. The molecule has 0 bridgehead atoms. The zero-order valence-corrected chi connectivity index (χ0v) is 8.43. The van der Waals surface area contributed by atoms with Crippen LogP contribution in [-0.4, -0.2) is 18.6 Å². The van der Waals surface area contributed by atoms with Crippen LogP contribution in [0.1, 0.15) is 11.7 Å². The van der Waals surface area contributed by atoms with Gasteiger partial charge >= 0.3 is 0 Å². The number of aliphatic hydroxyl groups excluding tert-OH is 1. The summed E-state index contributed by atoms with van der Waals surface area (Å²) in [6, 6.07) is 2.10. The fourth-order valence-corrected chi connectivity index (χ4v) is 1.40. The van der Waals surface area contributed by atoms with Gasteiger partial charge in [0, 0.05) is 5.56 Å². The zero-order chi connectivity index (χ0) is 11.6. The van der Waals surface area contributed by atoms with Crippen LogP contribution in [0.4, 0.5) is 13.2 Å². The Morgan fingerprint density at radius 1 is 1.40 bits per heavy atom. The summed E-state index contributed by atoms with van der Waals surface area (Å²) in [6.45, 7) is 0. The Hall–Kier alpha value is -0.940. The Labute approximate surface area is 89.2 Å². The van der Waals surface area contributed by atoms with Gasteiger partial charge in [0.15, 0.2) is 0 Å². The van der Waals surface area contributed by atoms with Crippen molar-refractivity contribution in [3.8, 4) is 5.75 Å².